The summed E-state index contributed by atoms with van der Waals surface area (Å²) < 4.78 is 14.9. The summed E-state index contributed by atoms with van der Waals surface area (Å²) in [5.74, 6) is 0.838. The van der Waals surface area contributed by atoms with E-state index < -0.39 is 0 Å². The van der Waals surface area contributed by atoms with Gasteiger partial charge in [0.1, 0.15) is 5.82 Å². The Bertz CT molecular complexity index is 482. The molecule has 21 heavy (non-hydrogen) atoms. The Morgan fingerprint density at radius 2 is 2.00 bits per heavy atom. The van der Waals surface area contributed by atoms with Crippen LogP contribution in [0.2, 0.25) is 0 Å². The first-order chi connectivity index (χ1) is 10.1. The second kappa shape index (κ2) is 6.76. The van der Waals surface area contributed by atoms with Gasteiger partial charge in [0.25, 0.3) is 0 Å². The maximum Gasteiger partial charge on any atom is 0.129 e. The van der Waals surface area contributed by atoms with E-state index >= 15 is 0 Å². The SMILES string of the molecule is CC(c1ccc(Br)cc1F)N1CCC(NCC2CC2)CC1. The Morgan fingerprint density at radius 3 is 2.62 bits per heavy atom. The highest BCUT2D eigenvalue weighted by molar-refractivity contribution is 9.10. The molecule has 1 atom stereocenters. The molecular weight excluding hydrogens is 331 g/mol. The molecule has 0 amide bonds. The van der Waals surface area contributed by atoms with Crippen molar-refractivity contribution in [1.29, 1.82) is 0 Å². The first-order valence-corrected chi connectivity index (χ1v) is 8.85. The van der Waals surface area contributed by atoms with Gasteiger partial charge in [0.2, 0.25) is 0 Å². The highest BCUT2D eigenvalue weighted by atomic mass is 79.9. The van der Waals surface area contributed by atoms with Crippen LogP contribution in [-0.4, -0.2) is 30.6 Å². The summed E-state index contributed by atoms with van der Waals surface area (Å²) in [6, 6.07) is 6.21. The van der Waals surface area contributed by atoms with E-state index in [4.69, 9.17) is 0 Å². The van der Waals surface area contributed by atoms with Gasteiger partial charge in [0.15, 0.2) is 0 Å². The molecule has 0 spiro atoms. The van der Waals surface area contributed by atoms with Crippen LogP contribution in [0.5, 0.6) is 0 Å². The normalized spacial score (nSPS) is 22.4. The highest BCUT2D eigenvalue weighted by Crippen LogP contribution is 2.30. The summed E-state index contributed by atoms with van der Waals surface area (Å²) in [7, 11) is 0. The third kappa shape index (κ3) is 4.05. The van der Waals surface area contributed by atoms with Gasteiger partial charge in [-0.25, -0.2) is 4.39 Å². The Kier molecular flexibility index (Phi) is 4.97. The zero-order chi connectivity index (χ0) is 14.8. The lowest BCUT2D eigenvalue weighted by atomic mass is 10.00. The molecule has 2 aliphatic rings. The van der Waals surface area contributed by atoms with Gasteiger partial charge in [-0.3, -0.25) is 4.90 Å². The number of halogens is 2. The fourth-order valence-corrected chi connectivity index (χ4v) is 3.52. The second-order valence-electron chi connectivity index (χ2n) is 6.50. The van der Waals surface area contributed by atoms with Crippen LogP contribution < -0.4 is 5.32 Å². The standard InChI is InChI=1S/C17H24BrFN2/c1-12(16-5-4-14(18)10-17(16)19)21-8-6-15(7-9-21)20-11-13-2-3-13/h4-5,10,12-13,15,20H,2-3,6-9,11H2,1H3. The van der Waals surface area contributed by atoms with Crippen LogP contribution in [0.25, 0.3) is 0 Å². The molecule has 3 rings (SSSR count). The number of likely N-dealkylation sites (tertiary alicyclic amines) is 1. The van der Waals surface area contributed by atoms with Crippen molar-refractivity contribution >= 4 is 15.9 Å². The molecule has 1 aromatic carbocycles. The zero-order valence-electron chi connectivity index (χ0n) is 12.6. The van der Waals surface area contributed by atoms with Crippen molar-refractivity contribution in [2.24, 2.45) is 5.92 Å². The number of nitrogens with one attached hydrogen (secondary N) is 1. The van der Waals surface area contributed by atoms with Crippen LogP contribution in [0.15, 0.2) is 22.7 Å². The van der Waals surface area contributed by atoms with Crippen LogP contribution in [0.4, 0.5) is 4.39 Å². The third-order valence-corrected chi connectivity index (χ3v) is 5.38. The van der Waals surface area contributed by atoms with Crippen molar-refractivity contribution in [3.8, 4) is 0 Å². The van der Waals surface area contributed by atoms with E-state index in [1.807, 2.05) is 12.1 Å². The molecule has 1 aromatic rings. The lowest BCUT2D eigenvalue weighted by molar-refractivity contribution is 0.150. The fourth-order valence-electron chi connectivity index (χ4n) is 3.18. The molecule has 1 aliphatic heterocycles. The molecule has 1 saturated carbocycles. The van der Waals surface area contributed by atoms with Gasteiger partial charge in [-0.05, 0) is 57.2 Å². The van der Waals surface area contributed by atoms with E-state index in [1.165, 1.54) is 32.2 Å². The molecule has 1 N–H and O–H groups in total. The summed E-state index contributed by atoms with van der Waals surface area (Å²) in [4.78, 5) is 2.40. The van der Waals surface area contributed by atoms with Crippen molar-refractivity contribution in [3.63, 3.8) is 0 Å². The van der Waals surface area contributed by atoms with E-state index in [-0.39, 0.29) is 11.9 Å². The molecular formula is C17H24BrFN2. The quantitative estimate of drug-likeness (QED) is 0.855. The second-order valence-corrected chi connectivity index (χ2v) is 7.42. The summed E-state index contributed by atoms with van der Waals surface area (Å²) in [5, 5.41) is 3.69. The van der Waals surface area contributed by atoms with Gasteiger partial charge in [0, 0.05) is 35.2 Å². The fraction of sp³-hybridized carbons (Fsp3) is 0.647. The minimum atomic E-state index is -0.106. The first-order valence-electron chi connectivity index (χ1n) is 8.06. The number of piperidine rings is 1. The van der Waals surface area contributed by atoms with Gasteiger partial charge >= 0.3 is 0 Å². The lowest BCUT2D eigenvalue weighted by Gasteiger charge is -2.36. The van der Waals surface area contributed by atoms with E-state index in [9.17, 15) is 4.39 Å². The van der Waals surface area contributed by atoms with Crippen LogP contribution in [0, 0.1) is 11.7 Å². The van der Waals surface area contributed by atoms with Crippen LogP contribution in [0.1, 0.15) is 44.2 Å². The largest absolute Gasteiger partial charge is 0.314 e. The Balaban J connectivity index is 1.52. The summed E-state index contributed by atoms with van der Waals surface area (Å²) in [6.45, 7) is 5.42. The van der Waals surface area contributed by atoms with Crippen molar-refractivity contribution in [2.45, 2.75) is 44.7 Å². The molecule has 4 heteroatoms. The molecule has 0 aromatic heterocycles. The van der Waals surface area contributed by atoms with E-state index in [0.29, 0.717) is 6.04 Å². The third-order valence-electron chi connectivity index (χ3n) is 4.88. The van der Waals surface area contributed by atoms with Crippen LogP contribution >= 0.6 is 15.9 Å². The molecule has 1 unspecified atom stereocenters. The van der Waals surface area contributed by atoms with Gasteiger partial charge in [-0.2, -0.15) is 0 Å². The molecule has 1 saturated heterocycles. The van der Waals surface area contributed by atoms with E-state index in [1.54, 1.807) is 6.07 Å². The van der Waals surface area contributed by atoms with Crippen LogP contribution in [0.3, 0.4) is 0 Å². The number of benzene rings is 1. The zero-order valence-corrected chi connectivity index (χ0v) is 14.2. The number of rotatable bonds is 5. The average Bonchev–Trinajstić information content (AvgIpc) is 3.29. The minimum absolute atomic E-state index is 0.106. The summed E-state index contributed by atoms with van der Waals surface area (Å²) in [5.41, 5.74) is 0.808. The van der Waals surface area contributed by atoms with Crippen molar-refractivity contribution < 1.29 is 4.39 Å². The number of nitrogens with zero attached hydrogens (tertiary/aromatic N) is 1. The smallest absolute Gasteiger partial charge is 0.129 e. The van der Waals surface area contributed by atoms with E-state index in [0.717, 1.165) is 29.0 Å². The van der Waals surface area contributed by atoms with Gasteiger partial charge in [-0.1, -0.05) is 22.0 Å². The molecule has 1 heterocycles. The van der Waals surface area contributed by atoms with Crippen LogP contribution in [-0.2, 0) is 0 Å². The molecule has 2 fully saturated rings. The molecule has 0 radical (unpaired) electrons. The summed E-state index contributed by atoms with van der Waals surface area (Å²) in [6.07, 6.45) is 5.17. The maximum absolute atomic E-state index is 14.1. The van der Waals surface area contributed by atoms with Gasteiger partial charge in [0.05, 0.1) is 0 Å². The first kappa shape index (κ1) is 15.4. The van der Waals surface area contributed by atoms with Crippen molar-refractivity contribution in [1.82, 2.24) is 10.2 Å². The number of hydrogen-bond donors (Lipinski definition) is 1. The minimum Gasteiger partial charge on any atom is -0.314 e. The molecule has 0 bridgehead atoms. The maximum atomic E-state index is 14.1. The van der Waals surface area contributed by atoms with Gasteiger partial charge < -0.3 is 5.32 Å². The predicted molar refractivity (Wildman–Crippen MR) is 87.8 cm³/mol. The lowest BCUT2D eigenvalue weighted by Crippen LogP contribution is -2.44. The number of hydrogen-bond acceptors (Lipinski definition) is 2. The van der Waals surface area contributed by atoms with Crippen molar-refractivity contribution in [3.05, 3.63) is 34.1 Å². The summed E-state index contributed by atoms with van der Waals surface area (Å²) >= 11 is 3.32. The van der Waals surface area contributed by atoms with E-state index in [2.05, 4.69) is 33.1 Å². The Morgan fingerprint density at radius 1 is 1.29 bits per heavy atom. The average molecular weight is 355 g/mol. The Hall–Kier alpha value is -0.450. The van der Waals surface area contributed by atoms with Crippen molar-refractivity contribution in [2.75, 3.05) is 19.6 Å². The molecule has 116 valence electrons. The predicted octanol–water partition coefficient (Wildman–Crippen LogP) is 4.11. The molecule has 1 aliphatic carbocycles. The topological polar surface area (TPSA) is 15.3 Å². The monoisotopic (exact) mass is 354 g/mol. The van der Waals surface area contributed by atoms with Gasteiger partial charge in [-0.15, -0.1) is 0 Å². The molecule has 2 nitrogen and oxygen atoms in total. The Labute approximate surface area is 135 Å². The highest BCUT2D eigenvalue weighted by Gasteiger charge is 2.27.